The highest BCUT2D eigenvalue weighted by Gasteiger charge is 2.50. The summed E-state index contributed by atoms with van der Waals surface area (Å²) in [5.74, 6) is -0.628. The molecule has 1 aromatic carbocycles. The van der Waals surface area contributed by atoms with E-state index in [0.717, 1.165) is 31.2 Å². The Bertz CT molecular complexity index is 1120. The zero-order valence-corrected chi connectivity index (χ0v) is 20.8. The van der Waals surface area contributed by atoms with Crippen molar-refractivity contribution in [2.24, 2.45) is 5.92 Å². The number of rotatable bonds is 5. The van der Waals surface area contributed by atoms with Gasteiger partial charge in [0.15, 0.2) is 5.69 Å². The molecule has 1 atom stereocenters. The lowest BCUT2D eigenvalue weighted by Gasteiger charge is -2.44. The Labute approximate surface area is 204 Å². The van der Waals surface area contributed by atoms with Crippen molar-refractivity contribution in [3.05, 3.63) is 46.2 Å². The van der Waals surface area contributed by atoms with Crippen LogP contribution in [0.1, 0.15) is 73.0 Å². The molecule has 1 aliphatic carbocycles. The average Bonchev–Trinajstić information content (AvgIpc) is 3.22. The van der Waals surface area contributed by atoms with Gasteiger partial charge in [0.2, 0.25) is 5.91 Å². The monoisotopic (exact) mass is 486 g/mol. The largest absolute Gasteiger partial charge is 0.461 e. The number of nitrogens with one attached hydrogen (secondary N) is 1. The predicted octanol–water partition coefficient (Wildman–Crippen LogP) is 4.14. The first-order valence-corrected chi connectivity index (χ1v) is 12.2. The van der Waals surface area contributed by atoms with Gasteiger partial charge in [-0.25, -0.2) is 4.79 Å². The van der Waals surface area contributed by atoms with Gasteiger partial charge in [0, 0.05) is 22.8 Å². The van der Waals surface area contributed by atoms with Crippen LogP contribution in [0.3, 0.4) is 0 Å². The van der Waals surface area contributed by atoms with E-state index in [9.17, 15) is 14.4 Å². The zero-order chi connectivity index (χ0) is 24.6. The van der Waals surface area contributed by atoms with Gasteiger partial charge in [-0.3, -0.25) is 19.2 Å². The number of fused-ring (bicyclic) bond motifs is 1. The standard InChI is InChI=1S/C25H31ClN4O4/c1-5-34-23(32)19-13-21-22(31)30(20-12-17(26)9-8-16(20)3)25(4,14-29(21)28-19)24(33)27-18-10-6-15(2)7-11-18/h8-9,12-13,15,18H,5-7,10-11,14H2,1-4H3,(H,27,33)/t15?,18?,25-/m0/s1. The Morgan fingerprint density at radius 1 is 1.24 bits per heavy atom. The van der Waals surface area contributed by atoms with Gasteiger partial charge in [0.1, 0.15) is 11.2 Å². The van der Waals surface area contributed by atoms with Gasteiger partial charge >= 0.3 is 5.97 Å². The molecule has 1 fully saturated rings. The normalized spacial score (nSPS) is 24.5. The first kappa shape index (κ1) is 24.3. The molecule has 0 spiro atoms. The number of hydrogen-bond donors (Lipinski definition) is 1. The first-order chi connectivity index (χ1) is 16.1. The molecule has 4 rings (SSSR count). The number of ether oxygens (including phenoxy) is 1. The van der Waals surface area contributed by atoms with Crippen LogP contribution in [0, 0.1) is 12.8 Å². The number of aryl methyl sites for hydroxylation is 1. The Kier molecular flexibility index (Phi) is 6.71. The van der Waals surface area contributed by atoms with Gasteiger partial charge in [-0.05, 0) is 70.1 Å². The van der Waals surface area contributed by atoms with E-state index in [1.54, 1.807) is 26.0 Å². The number of aromatic nitrogens is 2. The third kappa shape index (κ3) is 4.43. The summed E-state index contributed by atoms with van der Waals surface area (Å²) in [4.78, 5) is 41.4. The fraction of sp³-hybridized carbons (Fsp3) is 0.520. The minimum Gasteiger partial charge on any atom is -0.461 e. The Balaban J connectivity index is 1.75. The van der Waals surface area contributed by atoms with Crippen LogP contribution in [0.5, 0.6) is 0 Å². The molecule has 0 bridgehead atoms. The molecule has 182 valence electrons. The molecule has 9 heteroatoms. The zero-order valence-electron chi connectivity index (χ0n) is 20.1. The number of anilines is 1. The molecule has 1 N–H and O–H groups in total. The lowest BCUT2D eigenvalue weighted by atomic mass is 9.86. The minimum absolute atomic E-state index is 0.0406. The summed E-state index contributed by atoms with van der Waals surface area (Å²) >= 11 is 6.29. The van der Waals surface area contributed by atoms with Crippen LogP contribution < -0.4 is 10.2 Å². The number of carbonyl (C=O) groups is 3. The fourth-order valence-electron chi connectivity index (χ4n) is 4.83. The number of benzene rings is 1. The smallest absolute Gasteiger partial charge is 0.358 e. The van der Waals surface area contributed by atoms with E-state index in [4.69, 9.17) is 16.3 Å². The minimum atomic E-state index is -1.28. The number of nitrogens with zero attached hydrogens (tertiary/aromatic N) is 3. The summed E-state index contributed by atoms with van der Waals surface area (Å²) < 4.78 is 6.50. The van der Waals surface area contributed by atoms with E-state index >= 15 is 0 Å². The van der Waals surface area contributed by atoms with E-state index < -0.39 is 17.4 Å². The molecule has 2 aromatic rings. The molecule has 2 aliphatic rings. The molecular weight excluding hydrogens is 456 g/mol. The van der Waals surface area contributed by atoms with Crippen LogP contribution in [0.15, 0.2) is 24.3 Å². The van der Waals surface area contributed by atoms with Crippen molar-refractivity contribution in [2.45, 2.75) is 71.5 Å². The van der Waals surface area contributed by atoms with E-state index in [2.05, 4.69) is 17.3 Å². The molecule has 34 heavy (non-hydrogen) atoms. The van der Waals surface area contributed by atoms with Crippen LogP contribution in [0.2, 0.25) is 5.02 Å². The second-order valence-electron chi connectivity index (χ2n) is 9.57. The third-order valence-corrected chi connectivity index (χ3v) is 7.13. The summed E-state index contributed by atoms with van der Waals surface area (Å²) in [7, 11) is 0. The van der Waals surface area contributed by atoms with Crippen LogP contribution in [-0.4, -0.2) is 45.8 Å². The van der Waals surface area contributed by atoms with Crippen molar-refractivity contribution in [2.75, 3.05) is 11.5 Å². The summed E-state index contributed by atoms with van der Waals surface area (Å²) in [6.45, 7) is 7.83. The molecule has 0 saturated heterocycles. The highest BCUT2D eigenvalue weighted by atomic mass is 35.5. The first-order valence-electron chi connectivity index (χ1n) is 11.8. The summed E-state index contributed by atoms with van der Waals surface area (Å²) in [5.41, 5.74) is 0.345. The van der Waals surface area contributed by atoms with Crippen molar-refractivity contribution in [3.63, 3.8) is 0 Å². The van der Waals surface area contributed by atoms with Crippen LogP contribution in [0.4, 0.5) is 5.69 Å². The number of halogens is 1. The highest BCUT2D eigenvalue weighted by Crippen LogP contribution is 2.36. The van der Waals surface area contributed by atoms with Crippen molar-refractivity contribution < 1.29 is 19.1 Å². The van der Waals surface area contributed by atoms with Crippen LogP contribution in [-0.2, 0) is 16.1 Å². The molecule has 0 radical (unpaired) electrons. The number of esters is 1. The third-order valence-electron chi connectivity index (χ3n) is 6.89. The summed E-state index contributed by atoms with van der Waals surface area (Å²) in [6, 6.07) is 6.75. The second kappa shape index (κ2) is 9.41. The average molecular weight is 487 g/mol. The lowest BCUT2D eigenvalue weighted by molar-refractivity contribution is -0.127. The van der Waals surface area contributed by atoms with Crippen LogP contribution >= 0.6 is 11.6 Å². The van der Waals surface area contributed by atoms with Crippen molar-refractivity contribution in [1.29, 1.82) is 0 Å². The molecule has 1 aliphatic heterocycles. The Morgan fingerprint density at radius 3 is 2.62 bits per heavy atom. The van der Waals surface area contributed by atoms with Gasteiger partial charge in [0.05, 0.1) is 13.2 Å². The van der Waals surface area contributed by atoms with Crippen molar-refractivity contribution in [1.82, 2.24) is 15.1 Å². The van der Waals surface area contributed by atoms with Crippen molar-refractivity contribution >= 4 is 35.1 Å². The number of carbonyl (C=O) groups excluding carboxylic acids is 3. The summed E-state index contributed by atoms with van der Waals surface area (Å²) in [5, 5.41) is 7.96. The molecule has 2 amide bonds. The molecule has 8 nitrogen and oxygen atoms in total. The Hall–Kier alpha value is -2.87. The molecular formula is C25H31ClN4O4. The maximum atomic E-state index is 13.8. The van der Waals surface area contributed by atoms with Crippen LogP contribution in [0.25, 0.3) is 0 Å². The topological polar surface area (TPSA) is 93.5 Å². The van der Waals surface area contributed by atoms with Gasteiger partial charge in [0.25, 0.3) is 5.91 Å². The van der Waals surface area contributed by atoms with Gasteiger partial charge in [-0.1, -0.05) is 24.6 Å². The van der Waals surface area contributed by atoms with E-state index in [1.807, 2.05) is 13.0 Å². The van der Waals surface area contributed by atoms with Gasteiger partial charge in [-0.2, -0.15) is 5.10 Å². The quantitative estimate of drug-likeness (QED) is 0.641. The Morgan fingerprint density at radius 2 is 1.94 bits per heavy atom. The fourth-order valence-corrected chi connectivity index (χ4v) is 5.00. The summed E-state index contributed by atoms with van der Waals surface area (Å²) in [6.07, 6.45) is 3.94. The SMILES string of the molecule is CCOC(=O)c1cc2n(n1)C[C@@](C)(C(=O)NC1CCC(C)CC1)N(c1cc(Cl)ccc1C)C2=O. The maximum Gasteiger partial charge on any atom is 0.358 e. The molecule has 1 aromatic heterocycles. The number of amides is 2. The molecule has 2 heterocycles. The number of hydrogen-bond acceptors (Lipinski definition) is 5. The van der Waals surface area contributed by atoms with Gasteiger partial charge in [-0.15, -0.1) is 0 Å². The maximum absolute atomic E-state index is 13.8. The molecule has 1 saturated carbocycles. The predicted molar refractivity (Wildman–Crippen MR) is 129 cm³/mol. The van der Waals surface area contributed by atoms with E-state index in [-0.39, 0.29) is 36.5 Å². The second-order valence-corrected chi connectivity index (χ2v) is 10.0. The van der Waals surface area contributed by atoms with E-state index in [1.165, 1.54) is 15.6 Å². The lowest BCUT2D eigenvalue weighted by Crippen LogP contribution is -2.65. The molecule has 0 unspecified atom stereocenters. The van der Waals surface area contributed by atoms with Gasteiger partial charge < -0.3 is 10.1 Å². The van der Waals surface area contributed by atoms with E-state index in [0.29, 0.717) is 16.6 Å². The van der Waals surface area contributed by atoms with Crippen molar-refractivity contribution in [3.8, 4) is 0 Å². The highest BCUT2D eigenvalue weighted by molar-refractivity contribution is 6.31.